The van der Waals surface area contributed by atoms with Gasteiger partial charge in [0.15, 0.2) is 5.58 Å². The number of aromatic nitrogens is 1. The highest BCUT2D eigenvalue weighted by Gasteiger charge is 2.51. The van der Waals surface area contributed by atoms with Crippen LogP contribution in [0.4, 0.5) is 5.69 Å². The van der Waals surface area contributed by atoms with Crippen molar-refractivity contribution in [2.24, 2.45) is 7.05 Å². The molecule has 2 saturated heterocycles. The Labute approximate surface area is 187 Å². The van der Waals surface area contributed by atoms with Gasteiger partial charge in [-0.1, -0.05) is 0 Å². The average Bonchev–Trinajstić information content (AvgIpc) is 3.71. The van der Waals surface area contributed by atoms with Crippen LogP contribution in [0.2, 0.25) is 0 Å². The van der Waals surface area contributed by atoms with E-state index in [9.17, 15) is 19.5 Å². The molecule has 1 unspecified atom stereocenters. The van der Waals surface area contributed by atoms with Crippen LogP contribution < -0.4 is 10.5 Å². The maximum atomic E-state index is 13.5. The van der Waals surface area contributed by atoms with E-state index in [1.165, 1.54) is 10.6 Å². The fraction of sp³-hybridized carbons (Fsp3) is 0.381. The van der Waals surface area contributed by atoms with Gasteiger partial charge < -0.3 is 9.15 Å². The molecule has 2 aliphatic heterocycles. The highest BCUT2D eigenvalue weighted by atomic mass is 31.2. The second-order valence-electron chi connectivity index (χ2n) is 8.43. The molecule has 11 nitrogen and oxygen atoms in total. The predicted molar refractivity (Wildman–Crippen MR) is 118 cm³/mol. The van der Waals surface area contributed by atoms with E-state index < -0.39 is 24.5 Å². The molecule has 0 N–H and O–H groups in total. The molecule has 1 aliphatic carbocycles. The molecule has 0 saturated carbocycles. The summed E-state index contributed by atoms with van der Waals surface area (Å²) in [6.07, 6.45) is 0.643. The first-order valence-electron chi connectivity index (χ1n) is 10.7. The van der Waals surface area contributed by atoms with Gasteiger partial charge >= 0.3 is 19.1 Å². The van der Waals surface area contributed by atoms with Gasteiger partial charge in [-0.3, -0.25) is 23.8 Å². The standard InChI is InChI=1S/C21H21N4O7P/c1-22-17-12-13(2-6-19(17)31-21(22)26)30-20-15-4-7-18(14(15)3-5-16(20)25(27)28)32-33(29,23-8-9-23)24-10-11-24/h2-3,5-6,12,18H,4,7-11H2,1H3. The van der Waals surface area contributed by atoms with Crippen LogP contribution in [0.25, 0.3) is 11.1 Å². The monoisotopic (exact) mass is 472 g/mol. The topological polar surface area (TPSA) is 120 Å². The molecular formula is C21H21N4O7P. The Morgan fingerprint density at radius 1 is 1.15 bits per heavy atom. The summed E-state index contributed by atoms with van der Waals surface area (Å²) in [6, 6.07) is 7.89. The summed E-state index contributed by atoms with van der Waals surface area (Å²) >= 11 is 0. The first kappa shape index (κ1) is 20.6. The summed E-state index contributed by atoms with van der Waals surface area (Å²) in [5.41, 5.74) is 2.20. The lowest BCUT2D eigenvalue weighted by molar-refractivity contribution is -0.385. The Bertz CT molecular complexity index is 1390. The summed E-state index contributed by atoms with van der Waals surface area (Å²) in [4.78, 5) is 23.1. The Balaban J connectivity index is 1.37. The SMILES string of the molecule is Cn1c(=O)oc2ccc(Oc3c([N+](=O)[O-])ccc4c3CCC4OP(=O)(N3CC3)N3CC3)cc21. The number of rotatable bonds is 7. The fourth-order valence-corrected chi connectivity index (χ4v) is 6.71. The average molecular weight is 472 g/mol. The molecule has 172 valence electrons. The number of nitro groups is 1. The van der Waals surface area contributed by atoms with Crippen molar-refractivity contribution in [2.75, 3.05) is 26.2 Å². The van der Waals surface area contributed by atoms with Crippen LogP contribution in [0.3, 0.4) is 0 Å². The van der Waals surface area contributed by atoms with Gasteiger partial charge in [0.2, 0.25) is 5.75 Å². The van der Waals surface area contributed by atoms with E-state index in [2.05, 4.69) is 0 Å². The quantitative estimate of drug-likeness (QED) is 0.220. The zero-order valence-electron chi connectivity index (χ0n) is 17.8. The minimum Gasteiger partial charge on any atom is -0.450 e. The van der Waals surface area contributed by atoms with Gasteiger partial charge in [-0.25, -0.2) is 14.1 Å². The number of aryl methyl sites for hydroxylation is 1. The highest BCUT2D eigenvalue weighted by molar-refractivity contribution is 7.54. The summed E-state index contributed by atoms with van der Waals surface area (Å²) in [5.74, 6) is -0.0145. The van der Waals surface area contributed by atoms with Gasteiger partial charge in [-0.2, -0.15) is 0 Å². The summed E-state index contributed by atoms with van der Waals surface area (Å²) < 4.78 is 35.9. The van der Waals surface area contributed by atoms with Crippen LogP contribution in [0.5, 0.6) is 11.5 Å². The van der Waals surface area contributed by atoms with Crippen LogP contribution in [-0.4, -0.2) is 45.0 Å². The number of oxazole rings is 1. The third-order valence-electron chi connectivity index (χ3n) is 6.29. The fourth-order valence-electron chi connectivity index (χ4n) is 4.35. The third kappa shape index (κ3) is 3.39. The number of nitro benzene ring substituents is 1. The number of hydrogen-bond acceptors (Lipinski definition) is 7. The molecule has 2 fully saturated rings. The largest absolute Gasteiger partial charge is 0.450 e. The predicted octanol–water partition coefficient (Wildman–Crippen LogP) is 3.58. The zero-order valence-corrected chi connectivity index (χ0v) is 18.7. The molecule has 12 heteroatoms. The van der Waals surface area contributed by atoms with E-state index in [0.29, 0.717) is 35.3 Å². The Kier molecular flexibility index (Phi) is 4.54. The first-order chi connectivity index (χ1) is 15.8. The highest BCUT2D eigenvalue weighted by Crippen LogP contribution is 2.64. The molecular weight excluding hydrogens is 451 g/mol. The van der Waals surface area contributed by atoms with Gasteiger partial charge in [-0.05, 0) is 36.6 Å². The van der Waals surface area contributed by atoms with Gasteiger partial charge in [0, 0.05) is 50.9 Å². The van der Waals surface area contributed by atoms with Crippen LogP contribution in [0.1, 0.15) is 23.7 Å². The Morgan fingerprint density at radius 2 is 1.88 bits per heavy atom. The molecule has 2 aromatic carbocycles. The molecule has 0 radical (unpaired) electrons. The zero-order chi connectivity index (χ0) is 22.9. The summed E-state index contributed by atoms with van der Waals surface area (Å²) in [7, 11) is -1.46. The molecule has 3 heterocycles. The van der Waals surface area contributed by atoms with Crippen LogP contribution in [0.15, 0.2) is 39.5 Å². The first-order valence-corrected chi connectivity index (χ1v) is 12.2. The van der Waals surface area contributed by atoms with Crippen LogP contribution in [0, 0.1) is 10.1 Å². The van der Waals surface area contributed by atoms with Crippen molar-refractivity contribution in [3.63, 3.8) is 0 Å². The van der Waals surface area contributed by atoms with E-state index in [4.69, 9.17) is 13.7 Å². The number of benzene rings is 2. The smallest absolute Gasteiger partial charge is 0.419 e. The van der Waals surface area contributed by atoms with Crippen LogP contribution >= 0.6 is 7.67 Å². The second kappa shape index (κ2) is 7.26. The van der Waals surface area contributed by atoms with E-state index in [-0.39, 0.29) is 11.4 Å². The van der Waals surface area contributed by atoms with E-state index in [1.54, 1.807) is 31.3 Å². The minimum absolute atomic E-state index is 0.143. The van der Waals surface area contributed by atoms with E-state index in [1.807, 2.05) is 9.34 Å². The minimum atomic E-state index is -3.04. The maximum absolute atomic E-state index is 13.5. The summed E-state index contributed by atoms with van der Waals surface area (Å²) in [5, 5.41) is 11.8. The van der Waals surface area contributed by atoms with Gasteiger partial charge in [0.05, 0.1) is 16.5 Å². The number of ether oxygens (including phenoxy) is 1. The third-order valence-corrected chi connectivity index (χ3v) is 9.04. The number of fused-ring (bicyclic) bond motifs is 2. The normalized spacial score (nSPS) is 20.2. The lowest BCUT2D eigenvalue weighted by Gasteiger charge is -2.24. The van der Waals surface area contributed by atoms with Crippen molar-refractivity contribution >= 4 is 24.5 Å². The molecule has 1 atom stereocenters. The molecule has 0 spiro atoms. The second-order valence-corrected chi connectivity index (χ2v) is 10.8. The van der Waals surface area contributed by atoms with E-state index in [0.717, 1.165) is 31.7 Å². The molecule has 3 aromatic rings. The lowest BCUT2D eigenvalue weighted by atomic mass is 10.1. The number of nitrogens with zero attached hydrogens (tertiary/aromatic N) is 4. The van der Waals surface area contributed by atoms with Crippen molar-refractivity contribution < 1.29 is 23.2 Å². The Hall–Kier alpha value is -2.98. The molecule has 33 heavy (non-hydrogen) atoms. The van der Waals surface area contributed by atoms with Gasteiger partial charge in [0.25, 0.3) is 0 Å². The van der Waals surface area contributed by atoms with Crippen molar-refractivity contribution in [1.29, 1.82) is 0 Å². The number of hydrogen-bond donors (Lipinski definition) is 0. The lowest BCUT2D eigenvalue weighted by Crippen LogP contribution is -2.11. The van der Waals surface area contributed by atoms with Gasteiger partial charge in [-0.15, -0.1) is 0 Å². The van der Waals surface area contributed by atoms with Crippen molar-refractivity contribution in [2.45, 2.75) is 18.9 Å². The molecule has 0 bridgehead atoms. The Morgan fingerprint density at radius 3 is 2.55 bits per heavy atom. The van der Waals surface area contributed by atoms with Crippen molar-refractivity contribution in [3.8, 4) is 11.5 Å². The van der Waals surface area contributed by atoms with Gasteiger partial charge in [0.1, 0.15) is 5.75 Å². The molecule has 6 rings (SSSR count). The van der Waals surface area contributed by atoms with E-state index >= 15 is 0 Å². The molecule has 3 aliphatic rings. The summed E-state index contributed by atoms with van der Waals surface area (Å²) in [6.45, 7) is 3.00. The van der Waals surface area contributed by atoms with Crippen molar-refractivity contribution in [1.82, 2.24) is 13.9 Å². The van der Waals surface area contributed by atoms with Crippen molar-refractivity contribution in [3.05, 3.63) is 62.1 Å². The molecule has 1 aromatic heterocycles. The maximum Gasteiger partial charge on any atom is 0.419 e. The van der Waals surface area contributed by atoms with Crippen LogP contribution in [-0.2, 0) is 22.6 Å². The molecule has 0 amide bonds.